The summed E-state index contributed by atoms with van der Waals surface area (Å²) < 4.78 is 16.8. The average molecular weight is 427 g/mol. The number of nitrogens with zero attached hydrogens (tertiary/aromatic N) is 2. The Morgan fingerprint density at radius 1 is 1.23 bits per heavy atom. The van der Waals surface area contributed by atoms with Crippen LogP contribution in [0.5, 0.6) is 0 Å². The van der Waals surface area contributed by atoms with Gasteiger partial charge < -0.3 is 11.1 Å². The van der Waals surface area contributed by atoms with Crippen LogP contribution in [0.3, 0.4) is 0 Å². The highest BCUT2D eigenvalue weighted by Gasteiger charge is 2.28. The van der Waals surface area contributed by atoms with E-state index >= 15 is 0 Å². The van der Waals surface area contributed by atoms with E-state index in [9.17, 15) is 9.18 Å². The number of hydrogen-bond donors (Lipinski definition) is 2. The lowest BCUT2D eigenvalue weighted by Crippen LogP contribution is -2.25. The Morgan fingerprint density at radius 3 is 2.55 bits per heavy atom. The summed E-state index contributed by atoms with van der Waals surface area (Å²) in [5.41, 5.74) is 9.58. The Morgan fingerprint density at radius 2 is 1.90 bits per heavy atom. The Labute approximate surface area is 184 Å². The van der Waals surface area contributed by atoms with Crippen LogP contribution < -0.4 is 11.1 Å². The molecule has 2 aliphatic carbocycles. The zero-order valence-electron chi connectivity index (χ0n) is 19.4. The maximum atomic E-state index is 15.0. The molecule has 0 radical (unpaired) electrons. The number of primary amides is 1. The van der Waals surface area contributed by atoms with Gasteiger partial charge in [0.25, 0.3) is 5.91 Å². The zero-order valence-corrected chi connectivity index (χ0v) is 19.4. The molecule has 1 saturated carbocycles. The van der Waals surface area contributed by atoms with E-state index in [1.54, 1.807) is 0 Å². The lowest BCUT2D eigenvalue weighted by Gasteiger charge is -2.26. The molecule has 168 valence electrons. The third-order valence-corrected chi connectivity index (χ3v) is 6.06. The molecule has 1 fully saturated rings. The van der Waals surface area contributed by atoms with E-state index in [1.807, 2.05) is 31.5 Å². The molecule has 1 heterocycles. The maximum absolute atomic E-state index is 15.0. The second-order valence-corrected chi connectivity index (χ2v) is 9.05. The summed E-state index contributed by atoms with van der Waals surface area (Å²) >= 11 is 0. The quantitative estimate of drug-likeness (QED) is 0.650. The predicted molar refractivity (Wildman–Crippen MR) is 125 cm³/mol. The number of anilines is 1. The number of nitrogens with one attached hydrogen (secondary N) is 1. The van der Waals surface area contributed by atoms with Crippen molar-refractivity contribution in [3.8, 4) is 5.69 Å². The fraction of sp³-hybridized carbons (Fsp3) is 0.520. The van der Waals surface area contributed by atoms with Crippen LogP contribution in [-0.4, -0.2) is 21.7 Å². The van der Waals surface area contributed by atoms with Crippen LogP contribution in [0.15, 0.2) is 18.2 Å². The third kappa shape index (κ3) is 4.83. The second-order valence-electron chi connectivity index (χ2n) is 9.05. The van der Waals surface area contributed by atoms with Gasteiger partial charge in [-0.1, -0.05) is 59.1 Å². The van der Waals surface area contributed by atoms with Crippen LogP contribution in [0.25, 0.3) is 11.8 Å². The number of benzene rings is 1. The first-order valence-corrected chi connectivity index (χ1v) is 11.4. The van der Waals surface area contributed by atoms with E-state index in [0.717, 1.165) is 49.1 Å². The Balaban J connectivity index is 0.00000132. The van der Waals surface area contributed by atoms with Gasteiger partial charge in [-0.15, -0.1) is 0 Å². The lowest BCUT2D eigenvalue weighted by molar-refractivity contribution is 0.0997. The Hall–Kier alpha value is -2.63. The van der Waals surface area contributed by atoms with Crippen molar-refractivity contribution in [2.75, 3.05) is 5.32 Å². The van der Waals surface area contributed by atoms with Crippen molar-refractivity contribution in [3.05, 3.63) is 46.5 Å². The van der Waals surface area contributed by atoms with Crippen molar-refractivity contribution in [2.45, 2.75) is 79.2 Å². The molecule has 0 saturated heterocycles. The molecule has 2 aromatic rings. The van der Waals surface area contributed by atoms with Crippen molar-refractivity contribution in [1.29, 1.82) is 0 Å². The van der Waals surface area contributed by atoms with Gasteiger partial charge in [0, 0.05) is 17.7 Å². The van der Waals surface area contributed by atoms with Crippen molar-refractivity contribution >= 4 is 17.7 Å². The van der Waals surface area contributed by atoms with Gasteiger partial charge in [-0.05, 0) is 37.7 Å². The summed E-state index contributed by atoms with van der Waals surface area (Å²) in [6.45, 7) is 10.3. The molecule has 3 N–H and O–H groups in total. The third-order valence-electron chi connectivity index (χ3n) is 6.06. The highest BCUT2D eigenvalue weighted by Crippen LogP contribution is 2.35. The predicted octanol–water partition coefficient (Wildman–Crippen LogP) is 5.79. The molecule has 1 aromatic heterocycles. The van der Waals surface area contributed by atoms with E-state index < -0.39 is 11.7 Å². The average Bonchev–Trinajstić information content (AvgIpc) is 3.04. The number of hydrogen-bond acceptors (Lipinski definition) is 3. The SMILES string of the molecule is CC.Cc1nn(-c2cc(F)c(C(N)=O)c(NC3CCCCC3)c2)c2c1C=CC(C)(C)C2. The second kappa shape index (κ2) is 9.25. The van der Waals surface area contributed by atoms with Crippen molar-refractivity contribution in [1.82, 2.24) is 9.78 Å². The summed E-state index contributed by atoms with van der Waals surface area (Å²) in [5.74, 6) is -1.36. The molecule has 0 spiro atoms. The molecule has 1 aromatic carbocycles. The van der Waals surface area contributed by atoms with Gasteiger partial charge in [0.15, 0.2) is 0 Å². The minimum absolute atomic E-state index is 0.00606. The summed E-state index contributed by atoms with van der Waals surface area (Å²) in [7, 11) is 0. The summed E-state index contributed by atoms with van der Waals surface area (Å²) in [5, 5.41) is 8.08. The van der Waals surface area contributed by atoms with Gasteiger partial charge in [0.05, 0.1) is 28.3 Å². The number of allylic oxidation sites excluding steroid dienone is 1. The van der Waals surface area contributed by atoms with Crippen LogP contribution in [0.2, 0.25) is 0 Å². The normalized spacial score (nSPS) is 17.5. The lowest BCUT2D eigenvalue weighted by atomic mass is 9.82. The number of carbonyl (C=O) groups excluding carboxylic acids is 1. The smallest absolute Gasteiger partial charge is 0.253 e. The number of carbonyl (C=O) groups is 1. The molecule has 4 rings (SSSR count). The monoisotopic (exact) mass is 426 g/mol. The van der Waals surface area contributed by atoms with E-state index in [1.165, 1.54) is 12.5 Å². The van der Waals surface area contributed by atoms with Gasteiger partial charge in [0.1, 0.15) is 5.82 Å². The minimum atomic E-state index is -0.755. The molecule has 31 heavy (non-hydrogen) atoms. The number of aryl methyl sites for hydroxylation is 1. The van der Waals surface area contributed by atoms with Crippen LogP contribution in [0.1, 0.15) is 87.1 Å². The zero-order chi connectivity index (χ0) is 22.8. The standard InChI is InChI=1S/C23H29FN4O.C2H6/c1-14-17-9-10-23(2,3)13-20(17)28(27-14)16-11-18(24)21(22(25)29)19(12-16)26-15-7-5-4-6-8-15;1-2/h9-12,15,26H,4-8,13H2,1-3H3,(H2,25,29);1-2H3. The van der Waals surface area contributed by atoms with E-state index in [0.29, 0.717) is 11.4 Å². The summed E-state index contributed by atoms with van der Waals surface area (Å²) in [6.07, 6.45) is 10.6. The molecule has 0 atom stereocenters. The van der Waals surface area contributed by atoms with Crippen molar-refractivity contribution in [3.63, 3.8) is 0 Å². The molecule has 0 unspecified atom stereocenters. The first-order chi connectivity index (χ1) is 14.7. The Kier molecular flexibility index (Phi) is 6.87. The fourth-order valence-corrected chi connectivity index (χ4v) is 4.53. The topological polar surface area (TPSA) is 72.9 Å². The first kappa shape index (κ1) is 23.0. The molecular formula is C25H35FN4O. The maximum Gasteiger partial charge on any atom is 0.253 e. The number of aromatic nitrogens is 2. The van der Waals surface area contributed by atoms with Gasteiger partial charge in [0.2, 0.25) is 0 Å². The van der Waals surface area contributed by atoms with Gasteiger partial charge in [-0.25, -0.2) is 9.07 Å². The first-order valence-electron chi connectivity index (χ1n) is 11.4. The van der Waals surface area contributed by atoms with Crippen molar-refractivity contribution in [2.24, 2.45) is 11.1 Å². The van der Waals surface area contributed by atoms with Gasteiger partial charge >= 0.3 is 0 Å². The van der Waals surface area contributed by atoms with Gasteiger partial charge in [-0.3, -0.25) is 4.79 Å². The molecule has 2 aliphatic rings. The molecule has 0 bridgehead atoms. The largest absolute Gasteiger partial charge is 0.382 e. The van der Waals surface area contributed by atoms with Crippen molar-refractivity contribution < 1.29 is 9.18 Å². The summed E-state index contributed by atoms with van der Waals surface area (Å²) in [6, 6.07) is 3.41. The highest BCUT2D eigenvalue weighted by molar-refractivity contribution is 5.99. The van der Waals surface area contributed by atoms with E-state index in [4.69, 9.17) is 5.73 Å². The van der Waals surface area contributed by atoms with Gasteiger partial charge in [-0.2, -0.15) is 5.10 Å². The van der Waals surface area contributed by atoms with Crippen LogP contribution in [0, 0.1) is 18.2 Å². The highest BCUT2D eigenvalue weighted by atomic mass is 19.1. The minimum Gasteiger partial charge on any atom is -0.382 e. The number of nitrogens with two attached hydrogens (primary N) is 1. The van der Waals surface area contributed by atoms with E-state index in [-0.39, 0.29) is 17.0 Å². The Bertz CT molecular complexity index is 984. The van der Waals surface area contributed by atoms with E-state index in [2.05, 4.69) is 36.4 Å². The number of fused-ring (bicyclic) bond motifs is 1. The van der Waals surface area contributed by atoms with Crippen LogP contribution in [-0.2, 0) is 6.42 Å². The molecule has 0 aliphatic heterocycles. The fourth-order valence-electron chi connectivity index (χ4n) is 4.53. The summed E-state index contributed by atoms with van der Waals surface area (Å²) in [4.78, 5) is 12.0. The number of halogens is 1. The molecule has 1 amide bonds. The van der Waals surface area contributed by atoms with Crippen LogP contribution >= 0.6 is 0 Å². The number of rotatable bonds is 4. The number of amides is 1. The molecule has 6 heteroatoms. The molecule has 5 nitrogen and oxygen atoms in total. The van der Waals surface area contributed by atoms with Crippen LogP contribution in [0.4, 0.5) is 10.1 Å². The molecular weight excluding hydrogens is 391 g/mol.